The number of hydrogen-bond acceptors (Lipinski definition) is 3. The van der Waals surface area contributed by atoms with Gasteiger partial charge in [-0.2, -0.15) is 0 Å². The second-order valence-corrected chi connectivity index (χ2v) is 7.20. The number of rotatable bonds is 6. The Bertz CT molecular complexity index is 588. The van der Waals surface area contributed by atoms with Crippen molar-refractivity contribution in [3.8, 4) is 0 Å². The summed E-state index contributed by atoms with van der Waals surface area (Å²) in [5, 5.41) is 2.79. The molecule has 0 unspecified atom stereocenters. The van der Waals surface area contributed by atoms with E-state index in [1.54, 1.807) is 7.05 Å². The van der Waals surface area contributed by atoms with Crippen LogP contribution in [-0.2, 0) is 16.6 Å². The Balaban J connectivity index is 2.21. The normalized spacial score (nSPS) is 16.1. The number of sulfonamides is 1. The van der Waals surface area contributed by atoms with Crippen molar-refractivity contribution in [3.05, 3.63) is 28.5 Å². The van der Waals surface area contributed by atoms with Gasteiger partial charge in [0.2, 0.25) is 10.0 Å². The van der Waals surface area contributed by atoms with Crippen molar-refractivity contribution in [2.24, 2.45) is 5.92 Å². The van der Waals surface area contributed by atoms with Gasteiger partial charge in [0.1, 0.15) is 5.82 Å². The van der Waals surface area contributed by atoms with E-state index in [9.17, 15) is 12.8 Å². The van der Waals surface area contributed by atoms with E-state index in [2.05, 4.69) is 10.0 Å². The highest BCUT2D eigenvalue weighted by atomic mass is 35.5. The smallest absolute Gasteiger partial charge is 0.240 e. The summed E-state index contributed by atoms with van der Waals surface area (Å²) in [6.07, 6.45) is 3.24. The van der Waals surface area contributed by atoms with E-state index in [0.717, 1.165) is 25.3 Å². The highest BCUT2D eigenvalue weighted by Gasteiger charge is 2.23. The van der Waals surface area contributed by atoms with E-state index in [0.29, 0.717) is 24.6 Å². The molecule has 0 saturated heterocycles. The number of nitrogens with one attached hydrogen (secondary N) is 2. The second kappa shape index (κ2) is 6.39. The summed E-state index contributed by atoms with van der Waals surface area (Å²) in [4.78, 5) is -0.0797. The minimum absolute atomic E-state index is 0.0442. The molecule has 1 aromatic rings. The molecule has 4 nitrogen and oxygen atoms in total. The van der Waals surface area contributed by atoms with Crippen molar-refractivity contribution in [1.29, 1.82) is 0 Å². The van der Waals surface area contributed by atoms with Crippen LogP contribution in [0.2, 0.25) is 5.02 Å². The lowest BCUT2D eigenvalue weighted by molar-refractivity contribution is 0.316. The van der Waals surface area contributed by atoms with Gasteiger partial charge in [-0.1, -0.05) is 18.0 Å². The van der Waals surface area contributed by atoms with Gasteiger partial charge < -0.3 is 5.32 Å². The van der Waals surface area contributed by atoms with Crippen molar-refractivity contribution in [1.82, 2.24) is 10.0 Å². The van der Waals surface area contributed by atoms with Crippen LogP contribution in [0.25, 0.3) is 0 Å². The molecule has 2 rings (SSSR count). The fraction of sp³-hybridized carbons (Fsp3) is 0.538. The number of benzene rings is 1. The van der Waals surface area contributed by atoms with Gasteiger partial charge in [-0.25, -0.2) is 17.5 Å². The largest absolute Gasteiger partial charge is 0.316 e. The van der Waals surface area contributed by atoms with Gasteiger partial charge >= 0.3 is 0 Å². The van der Waals surface area contributed by atoms with Crippen molar-refractivity contribution < 1.29 is 12.8 Å². The molecule has 0 heterocycles. The van der Waals surface area contributed by atoms with E-state index in [1.807, 2.05) is 0 Å². The molecule has 0 amide bonds. The molecule has 1 saturated carbocycles. The highest BCUT2D eigenvalue weighted by molar-refractivity contribution is 7.89. The Hall–Kier alpha value is -0.690. The third-order valence-electron chi connectivity index (χ3n) is 3.54. The maximum absolute atomic E-state index is 13.7. The highest BCUT2D eigenvalue weighted by Crippen LogP contribution is 2.27. The van der Waals surface area contributed by atoms with Crippen molar-refractivity contribution in [2.45, 2.75) is 30.7 Å². The first-order chi connectivity index (χ1) is 9.44. The van der Waals surface area contributed by atoms with Crippen LogP contribution in [0.1, 0.15) is 24.8 Å². The van der Waals surface area contributed by atoms with Gasteiger partial charge in [0, 0.05) is 13.1 Å². The van der Waals surface area contributed by atoms with Crippen molar-refractivity contribution >= 4 is 21.6 Å². The van der Waals surface area contributed by atoms with E-state index in [4.69, 9.17) is 11.6 Å². The van der Waals surface area contributed by atoms with Gasteiger partial charge in [0.05, 0.1) is 9.92 Å². The molecule has 0 bridgehead atoms. The summed E-state index contributed by atoms with van der Waals surface area (Å²) in [5.41, 5.74) is 0.429. The molecule has 0 atom stereocenters. The van der Waals surface area contributed by atoms with Crippen LogP contribution in [0.3, 0.4) is 0 Å². The fourth-order valence-corrected chi connectivity index (χ4v) is 3.45. The molecular formula is C13H18ClFN2O2S. The van der Waals surface area contributed by atoms with Crippen LogP contribution in [0.5, 0.6) is 0 Å². The van der Waals surface area contributed by atoms with Crippen LogP contribution in [0.4, 0.5) is 4.39 Å². The van der Waals surface area contributed by atoms with Gasteiger partial charge in [0.25, 0.3) is 0 Å². The summed E-state index contributed by atoms with van der Waals surface area (Å²) >= 11 is 5.82. The predicted molar refractivity (Wildman–Crippen MR) is 76.7 cm³/mol. The average molecular weight is 321 g/mol. The summed E-state index contributed by atoms with van der Waals surface area (Å²) in [6, 6.07) is 2.37. The molecule has 0 aliphatic heterocycles. The zero-order valence-electron chi connectivity index (χ0n) is 11.2. The van der Waals surface area contributed by atoms with Crippen LogP contribution >= 0.6 is 11.6 Å². The van der Waals surface area contributed by atoms with Crippen LogP contribution in [-0.4, -0.2) is 22.0 Å². The SMILES string of the molecule is CNCc1cc(S(=O)(=O)NCC2CCC2)cc(F)c1Cl. The Kier molecular flexibility index (Phi) is 5.01. The van der Waals surface area contributed by atoms with E-state index in [-0.39, 0.29) is 9.92 Å². The minimum Gasteiger partial charge on any atom is -0.316 e. The first-order valence-corrected chi connectivity index (χ1v) is 8.42. The summed E-state index contributed by atoms with van der Waals surface area (Å²) in [7, 11) is -2.00. The van der Waals surface area contributed by atoms with Crippen molar-refractivity contribution in [3.63, 3.8) is 0 Å². The maximum atomic E-state index is 13.7. The summed E-state index contributed by atoms with van der Waals surface area (Å²) < 4.78 is 40.6. The molecule has 112 valence electrons. The van der Waals surface area contributed by atoms with E-state index < -0.39 is 15.8 Å². The monoisotopic (exact) mass is 320 g/mol. The Labute approximate surface area is 123 Å². The predicted octanol–water partition coefficient (Wildman–Crippen LogP) is 2.28. The van der Waals surface area contributed by atoms with E-state index in [1.165, 1.54) is 6.07 Å². The summed E-state index contributed by atoms with van der Waals surface area (Å²) in [5.74, 6) is -0.317. The van der Waals surface area contributed by atoms with Crippen molar-refractivity contribution in [2.75, 3.05) is 13.6 Å². The third kappa shape index (κ3) is 3.49. The van der Waals surface area contributed by atoms with E-state index >= 15 is 0 Å². The minimum atomic E-state index is -3.69. The second-order valence-electron chi connectivity index (χ2n) is 5.06. The van der Waals surface area contributed by atoms with Crippen LogP contribution < -0.4 is 10.0 Å². The van der Waals surface area contributed by atoms with Gasteiger partial charge in [-0.3, -0.25) is 0 Å². The standard InChI is InChI=1S/C13H18ClFN2O2S/c1-16-8-10-5-11(6-12(15)13(10)14)20(18,19)17-7-9-3-2-4-9/h5-6,9,16-17H,2-4,7-8H2,1H3. The molecule has 1 fully saturated rings. The number of hydrogen-bond donors (Lipinski definition) is 2. The topological polar surface area (TPSA) is 58.2 Å². The first kappa shape index (κ1) is 15.7. The fourth-order valence-electron chi connectivity index (χ4n) is 2.10. The average Bonchev–Trinajstić information content (AvgIpc) is 2.32. The Morgan fingerprint density at radius 1 is 1.40 bits per heavy atom. The summed E-state index contributed by atoms with van der Waals surface area (Å²) in [6.45, 7) is 0.718. The Morgan fingerprint density at radius 2 is 2.10 bits per heavy atom. The molecule has 7 heteroatoms. The molecular weight excluding hydrogens is 303 g/mol. The molecule has 0 aromatic heterocycles. The van der Waals surface area contributed by atoms with Gasteiger partial charge in [-0.15, -0.1) is 0 Å². The van der Waals surface area contributed by atoms with Crippen LogP contribution in [0.15, 0.2) is 17.0 Å². The first-order valence-electron chi connectivity index (χ1n) is 6.56. The van der Waals surface area contributed by atoms with Gasteiger partial charge in [-0.05, 0) is 43.5 Å². The lowest BCUT2D eigenvalue weighted by Gasteiger charge is -2.25. The molecule has 20 heavy (non-hydrogen) atoms. The van der Waals surface area contributed by atoms with Gasteiger partial charge in [0.15, 0.2) is 0 Å². The molecule has 0 spiro atoms. The maximum Gasteiger partial charge on any atom is 0.240 e. The quantitative estimate of drug-likeness (QED) is 0.845. The molecule has 1 aromatic carbocycles. The number of halogens is 2. The molecule has 0 radical (unpaired) electrons. The Morgan fingerprint density at radius 3 is 2.65 bits per heavy atom. The zero-order valence-corrected chi connectivity index (χ0v) is 12.8. The molecule has 1 aliphatic carbocycles. The third-order valence-corrected chi connectivity index (χ3v) is 5.37. The lowest BCUT2D eigenvalue weighted by Crippen LogP contribution is -2.32. The van der Waals surface area contributed by atoms with Crippen LogP contribution in [0, 0.1) is 11.7 Å². The molecule has 2 N–H and O–H groups in total. The molecule has 1 aliphatic rings. The lowest BCUT2D eigenvalue weighted by atomic mass is 9.86. The zero-order chi connectivity index (χ0) is 14.8.